The Kier molecular flexibility index (Phi) is 5.60. The zero-order chi connectivity index (χ0) is 10.3. The number of hydrogen-bond acceptors (Lipinski definition) is 2. The van der Waals surface area contributed by atoms with E-state index >= 15 is 0 Å². The van der Waals surface area contributed by atoms with Crippen LogP contribution in [0.1, 0.15) is 13.8 Å². The molecule has 0 aromatic heterocycles. The summed E-state index contributed by atoms with van der Waals surface area (Å²) in [5.41, 5.74) is 0.348. The molecule has 0 unspecified atom stereocenters. The quantitative estimate of drug-likeness (QED) is 0.369. The third-order valence-corrected chi connectivity index (χ3v) is 1.24. The van der Waals surface area contributed by atoms with Crippen LogP contribution in [0.2, 0.25) is 0 Å². The van der Waals surface area contributed by atoms with E-state index in [0.717, 1.165) is 0 Å². The Hall–Kier alpha value is -1.31. The molecule has 72 valence electrons. The monoisotopic (exact) mass is 180 g/mol. The maximum Gasteiger partial charge on any atom is 0.337 e. The second kappa shape index (κ2) is 6.23. The lowest BCUT2D eigenvalue weighted by molar-refractivity contribution is -0.139. The van der Waals surface area contributed by atoms with Gasteiger partial charge in [-0.3, -0.25) is 0 Å². The molecule has 0 radical (unpaired) electrons. The Morgan fingerprint density at radius 2 is 2.15 bits per heavy atom. The SMILES string of the molecule is C=CC=CC(=C)C(=O)OCC(C)C. The first-order chi connectivity index (χ1) is 6.07. The second-order valence-electron chi connectivity index (χ2n) is 3.11. The largest absolute Gasteiger partial charge is 0.462 e. The van der Waals surface area contributed by atoms with Gasteiger partial charge in [0.1, 0.15) is 0 Å². The van der Waals surface area contributed by atoms with E-state index < -0.39 is 0 Å². The molecule has 0 rings (SSSR count). The van der Waals surface area contributed by atoms with Crippen molar-refractivity contribution >= 4 is 5.97 Å². The molecule has 2 nitrogen and oxygen atoms in total. The molecule has 0 spiro atoms. The minimum absolute atomic E-state index is 0.347. The van der Waals surface area contributed by atoms with Gasteiger partial charge in [-0.2, -0.15) is 0 Å². The molecular formula is C11H16O2. The number of allylic oxidation sites excluding steroid dienone is 2. The first kappa shape index (κ1) is 11.7. The van der Waals surface area contributed by atoms with Gasteiger partial charge in [0.2, 0.25) is 0 Å². The van der Waals surface area contributed by atoms with Gasteiger partial charge in [-0.1, -0.05) is 39.2 Å². The van der Waals surface area contributed by atoms with Crippen LogP contribution >= 0.6 is 0 Å². The molecule has 13 heavy (non-hydrogen) atoms. The summed E-state index contributed by atoms with van der Waals surface area (Å²) in [5, 5.41) is 0. The number of ether oxygens (including phenoxy) is 1. The number of carbonyl (C=O) groups is 1. The zero-order valence-corrected chi connectivity index (χ0v) is 8.25. The molecule has 0 aromatic rings. The third-order valence-electron chi connectivity index (χ3n) is 1.24. The Labute approximate surface area is 79.6 Å². The van der Waals surface area contributed by atoms with Crippen LogP contribution in [-0.4, -0.2) is 12.6 Å². The Balaban J connectivity index is 3.90. The first-order valence-electron chi connectivity index (χ1n) is 4.23. The average molecular weight is 180 g/mol. The topological polar surface area (TPSA) is 26.3 Å². The summed E-state index contributed by atoms with van der Waals surface area (Å²) in [5.74, 6) is -0.0214. The molecule has 0 aromatic carbocycles. The van der Waals surface area contributed by atoms with Gasteiger partial charge in [0.15, 0.2) is 0 Å². The summed E-state index contributed by atoms with van der Waals surface area (Å²) in [6.07, 6.45) is 4.82. The predicted molar refractivity (Wildman–Crippen MR) is 54.3 cm³/mol. The predicted octanol–water partition coefficient (Wildman–Crippen LogP) is 2.48. The van der Waals surface area contributed by atoms with Crippen molar-refractivity contribution in [2.45, 2.75) is 13.8 Å². The lowest BCUT2D eigenvalue weighted by Gasteiger charge is -2.06. The van der Waals surface area contributed by atoms with Gasteiger partial charge in [0, 0.05) is 0 Å². The molecule has 0 fully saturated rings. The van der Waals surface area contributed by atoms with Gasteiger partial charge >= 0.3 is 5.97 Å². The highest BCUT2D eigenvalue weighted by Crippen LogP contribution is 2.00. The van der Waals surface area contributed by atoms with E-state index in [1.54, 1.807) is 18.2 Å². The summed E-state index contributed by atoms with van der Waals surface area (Å²) >= 11 is 0. The van der Waals surface area contributed by atoms with Crippen molar-refractivity contribution in [1.82, 2.24) is 0 Å². The summed E-state index contributed by atoms with van der Waals surface area (Å²) < 4.78 is 4.94. The van der Waals surface area contributed by atoms with Crippen molar-refractivity contribution < 1.29 is 9.53 Å². The molecule has 0 saturated carbocycles. The average Bonchev–Trinajstić information content (AvgIpc) is 2.10. The first-order valence-corrected chi connectivity index (χ1v) is 4.23. The molecule has 0 heterocycles. The molecule has 2 heteroatoms. The minimum Gasteiger partial charge on any atom is -0.462 e. The lowest BCUT2D eigenvalue weighted by Crippen LogP contribution is -2.10. The van der Waals surface area contributed by atoms with Crippen LogP contribution in [0, 0.1) is 5.92 Å². The highest BCUT2D eigenvalue weighted by Gasteiger charge is 2.05. The van der Waals surface area contributed by atoms with Crippen LogP contribution in [0.25, 0.3) is 0 Å². The molecular weight excluding hydrogens is 164 g/mol. The molecule has 0 bridgehead atoms. The van der Waals surface area contributed by atoms with E-state index in [2.05, 4.69) is 13.2 Å². The fourth-order valence-electron chi connectivity index (χ4n) is 0.587. The minimum atomic E-state index is -0.369. The van der Waals surface area contributed by atoms with E-state index in [4.69, 9.17) is 4.74 Å². The molecule has 0 saturated heterocycles. The van der Waals surface area contributed by atoms with Crippen molar-refractivity contribution in [3.8, 4) is 0 Å². The molecule has 0 N–H and O–H groups in total. The maximum absolute atomic E-state index is 11.1. The van der Waals surface area contributed by atoms with Crippen molar-refractivity contribution in [1.29, 1.82) is 0 Å². The van der Waals surface area contributed by atoms with Crippen LogP contribution < -0.4 is 0 Å². The normalized spacial score (nSPS) is 10.4. The fourth-order valence-corrected chi connectivity index (χ4v) is 0.587. The van der Waals surface area contributed by atoms with Crippen LogP contribution in [0.15, 0.2) is 37.0 Å². The van der Waals surface area contributed by atoms with E-state index in [-0.39, 0.29) is 5.97 Å². The zero-order valence-electron chi connectivity index (χ0n) is 8.25. The molecule has 0 atom stereocenters. The number of esters is 1. The summed E-state index contributed by atoms with van der Waals surface area (Å²) in [6.45, 7) is 11.4. The molecule has 0 amide bonds. The van der Waals surface area contributed by atoms with Crippen molar-refractivity contribution in [2.24, 2.45) is 5.92 Å². The van der Waals surface area contributed by atoms with Crippen molar-refractivity contribution in [2.75, 3.05) is 6.61 Å². The number of carbonyl (C=O) groups excluding carboxylic acids is 1. The summed E-state index contributed by atoms with van der Waals surface area (Å²) in [6, 6.07) is 0. The Morgan fingerprint density at radius 3 is 2.62 bits per heavy atom. The van der Waals surface area contributed by atoms with E-state index in [1.165, 1.54) is 0 Å². The molecule has 0 aliphatic carbocycles. The van der Waals surface area contributed by atoms with Crippen LogP contribution in [0.5, 0.6) is 0 Å². The standard InChI is InChI=1S/C11H16O2/c1-5-6-7-10(4)11(12)13-8-9(2)3/h5-7,9H,1,4,8H2,2-3H3. The van der Waals surface area contributed by atoms with Gasteiger partial charge in [0.25, 0.3) is 0 Å². The Morgan fingerprint density at radius 1 is 1.54 bits per heavy atom. The van der Waals surface area contributed by atoms with Gasteiger partial charge in [-0.05, 0) is 12.0 Å². The Bertz CT molecular complexity index is 224. The number of hydrogen-bond donors (Lipinski definition) is 0. The third kappa shape index (κ3) is 5.91. The van der Waals surface area contributed by atoms with Gasteiger partial charge in [-0.25, -0.2) is 4.79 Å². The second-order valence-corrected chi connectivity index (χ2v) is 3.11. The van der Waals surface area contributed by atoms with Gasteiger partial charge < -0.3 is 4.74 Å². The highest BCUT2D eigenvalue weighted by molar-refractivity contribution is 5.90. The summed E-state index contributed by atoms with van der Waals surface area (Å²) in [7, 11) is 0. The van der Waals surface area contributed by atoms with Crippen molar-refractivity contribution in [3.05, 3.63) is 37.0 Å². The van der Waals surface area contributed by atoms with Crippen LogP contribution in [0.4, 0.5) is 0 Å². The van der Waals surface area contributed by atoms with E-state index in [0.29, 0.717) is 18.1 Å². The van der Waals surface area contributed by atoms with Gasteiger partial charge in [-0.15, -0.1) is 0 Å². The summed E-state index contributed by atoms with van der Waals surface area (Å²) in [4.78, 5) is 11.1. The number of rotatable bonds is 5. The van der Waals surface area contributed by atoms with Crippen molar-refractivity contribution in [3.63, 3.8) is 0 Å². The highest BCUT2D eigenvalue weighted by atomic mass is 16.5. The van der Waals surface area contributed by atoms with Crippen LogP contribution in [0.3, 0.4) is 0 Å². The van der Waals surface area contributed by atoms with Gasteiger partial charge in [0.05, 0.1) is 12.2 Å². The van der Waals surface area contributed by atoms with E-state index in [1.807, 2.05) is 13.8 Å². The maximum atomic E-state index is 11.1. The molecule has 0 aliphatic rings. The van der Waals surface area contributed by atoms with E-state index in [9.17, 15) is 4.79 Å². The fraction of sp³-hybridized carbons (Fsp3) is 0.364. The molecule has 0 aliphatic heterocycles. The van der Waals surface area contributed by atoms with Crippen LogP contribution in [-0.2, 0) is 9.53 Å². The smallest absolute Gasteiger partial charge is 0.337 e. The lowest BCUT2D eigenvalue weighted by atomic mass is 10.2.